The largest absolute Gasteiger partial charge is 0.314 e. The zero-order valence-electron chi connectivity index (χ0n) is 7.28. The van der Waals surface area contributed by atoms with Gasteiger partial charge in [-0.2, -0.15) is 0 Å². The molecule has 2 nitrogen and oxygen atoms in total. The van der Waals surface area contributed by atoms with E-state index in [4.69, 9.17) is 0 Å². The predicted octanol–water partition coefficient (Wildman–Crippen LogP) is 0.690. The Morgan fingerprint density at radius 2 is 2.00 bits per heavy atom. The molecule has 0 aromatic carbocycles. The van der Waals surface area contributed by atoms with Gasteiger partial charge in [0.1, 0.15) is 0 Å². The number of rotatable bonds is 4. The zero-order chi connectivity index (χ0) is 7.61. The van der Waals surface area contributed by atoms with Crippen LogP contribution in [0.4, 0.5) is 0 Å². The van der Waals surface area contributed by atoms with Gasteiger partial charge in [0.15, 0.2) is 0 Å². The molecule has 0 saturated heterocycles. The maximum atomic E-state index is 3.38. The highest BCUT2D eigenvalue weighted by Crippen LogP contribution is 2.37. The molecule has 1 N–H and O–H groups in total. The van der Waals surface area contributed by atoms with Crippen molar-refractivity contribution in [3.8, 4) is 0 Å². The summed E-state index contributed by atoms with van der Waals surface area (Å²) in [5.74, 6) is 0. The molecule has 1 saturated carbocycles. The van der Waals surface area contributed by atoms with E-state index >= 15 is 0 Å². The molecule has 0 atom stereocenters. The van der Waals surface area contributed by atoms with Crippen LogP contribution < -0.4 is 5.32 Å². The molecule has 1 aliphatic rings. The second-order valence-electron chi connectivity index (χ2n) is 3.58. The Labute approximate surface area is 63.6 Å². The third-order valence-corrected chi connectivity index (χ3v) is 2.42. The highest BCUT2D eigenvalue weighted by Gasteiger charge is 2.40. The fourth-order valence-electron chi connectivity index (χ4n) is 1.21. The average Bonchev–Trinajstić information content (AvgIpc) is 2.64. The van der Waals surface area contributed by atoms with Crippen LogP contribution in [0.1, 0.15) is 19.3 Å². The van der Waals surface area contributed by atoms with Crippen LogP contribution in [0, 0.1) is 0 Å². The molecule has 1 aliphatic carbocycles. The van der Waals surface area contributed by atoms with E-state index in [0.717, 1.165) is 0 Å². The summed E-state index contributed by atoms with van der Waals surface area (Å²) in [6.45, 7) is 1.21. The van der Waals surface area contributed by atoms with Gasteiger partial charge in [0.05, 0.1) is 0 Å². The van der Waals surface area contributed by atoms with Gasteiger partial charge < -0.3 is 10.2 Å². The van der Waals surface area contributed by atoms with Gasteiger partial charge in [0.25, 0.3) is 0 Å². The van der Waals surface area contributed by atoms with Crippen LogP contribution in [0.3, 0.4) is 0 Å². The van der Waals surface area contributed by atoms with Crippen molar-refractivity contribution >= 4 is 0 Å². The summed E-state index contributed by atoms with van der Waals surface area (Å²) in [5.41, 5.74) is 0.532. The van der Waals surface area contributed by atoms with Crippen LogP contribution >= 0.6 is 0 Å². The highest BCUT2D eigenvalue weighted by molar-refractivity contribution is 5.00. The van der Waals surface area contributed by atoms with Gasteiger partial charge in [0.2, 0.25) is 0 Å². The van der Waals surface area contributed by atoms with E-state index in [1.165, 1.54) is 25.8 Å². The first-order chi connectivity index (χ1) is 4.68. The maximum Gasteiger partial charge on any atom is 0.0192 e. The molecule has 0 aliphatic heterocycles. The molecule has 60 valence electrons. The average molecular weight is 142 g/mol. The first-order valence-electron chi connectivity index (χ1n) is 4.02. The lowest BCUT2D eigenvalue weighted by atomic mass is 10.2. The monoisotopic (exact) mass is 142 g/mol. The molecule has 10 heavy (non-hydrogen) atoms. The normalized spacial score (nSPS) is 21.6. The Morgan fingerprint density at radius 1 is 1.40 bits per heavy atom. The molecule has 0 amide bonds. The Bertz CT molecular complexity index is 106. The predicted molar refractivity (Wildman–Crippen MR) is 44.2 cm³/mol. The second kappa shape index (κ2) is 2.89. The van der Waals surface area contributed by atoms with Gasteiger partial charge in [-0.1, -0.05) is 0 Å². The molecule has 1 rings (SSSR count). The molecule has 0 spiro atoms. The topological polar surface area (TPSA) is 15.3 Å². The third kappa shape index (κ3) is 1.96. The molecule has 2 heteroatoms. The Morgan fingerprint density at radius 3 is 2.30 bits per heavy atom. The number of hydrogen-bond acceptors (Lipinski definition) is 2. The van der Waals surface area contributed by atoms with E-state index in [2.05, 4.69) is 31.4 Å². The van der Waals surface area contributed by atoms with Crippen molar-refractivity contribution in [3.05, 3.63) is 0 Å². The van der Waals surface area contributed by atoms with E-state index < -0.39 is 0 Å². The molecule has 1 fully saturated rings. The molecule has 0 heterocycles. The van der Waals surface area contributed by atoms with Crippen molar-refractivity contribution in [2.75, 3.05) is 27.7 Å². The highest BCUT2D eigenvalue weighted by atomic mass is 15.1. The first-order valence-corrected chi connectivity index (χ1v) is 4.02. The van der Waals surface area contributed by atoms with E-state index in [0.29, 0.717) is 5.54 Å². The number of nitrogens with one attached hydrogen (secondary N) is 1. The lowest BCUT2D eigenvalue weighted by Gasteiger charge is -2.16. The molecule has 0 unspecified atom stereocenters. The van der Waals surface area contributed by atoms with E-state index in [9.17, 15) is 0 Å². The summed E-state index contributed by atoms with van der Waals surface area (Å²) in [5, 5.41) is 3.38. The minimum absolute atomic E-state index is 0.532. The number of hydrogen-bond donors (Lipinski definition) is 1. The van der Waals surface area contributed by atoms with Gasteiger partial charge in [-0.05, 0) is 47.0 Å². The van der Waals surface area contributed by atoms with Crippen molar-refractivity contribution in [2.45, 2.75) is 24.8 Å². The van der Waals surface area contributed by atoms with Crippen LogP contribution in [-0.4, -0.2) is 38.1 Å². The van der Waals surface area contributed by atoms with Crippen LogP contribution in [0.2, 0.25) is 0 Å². The Hall–Kier alpha value is -0.0800. The van der Waals surface area contributed by atoms with Crippen molar-refractivity contribution in [1.82, 2.24) is 10.2 Å². The Kier molecular flexibility index (Phi) is 2.32. The molecular weight excluding hydrogens is 124 g/mol. The van der Waals surface area contributed by atoms with Gasteiger partial charge in [-0.25, -0.2) is 0 Å². The quantitative estimate of drug-likeness (QED) is 0.621. The van der Waals surface area contributed by atoms with Crippen molar-refractivity contribution in [2.24, 2.45) is 0 Å². The second-order valence-corrected chi connectivity index (χ2v) is 3.58. The summed E-state index contributed by atoms with van der Waals surface area (Å²) in [4.78, 5) is 2.25. The summed E-state index contributed by atoms with van der Waals surface area (Å²) in [7, 11) is 6.33. The standard InChI is InChI=1S/C8H18N2/c1-9-8(4-5-8)6-7-10(2)3/h9H,4-7H2,1-3H3. The smallest absolute Gasteiger partial charge is 0.0192 e. The first kappa shape index (κ1) is 8.02. The number of nitrogens with zero attached hydrogens (tertiary/aromatic N) is 1. The van der Waals surface area contributed by atoms with Crippen LogP contribution in [0.5, 0.6) is 0 Å². The van der Waals surface area contributed by atoms with E-state index in [1.54, 1.807) is 0 Å². The molecule has 0 aromatic heterocycles. The molecule has 0 radical (unpaired) electrons. The fourth-order valence-corrected chi connectivity index (χ4v) is 1.21. The summed E-state index contributed by atoms with van der Waals surface area (Å²) in [6, 6.07) is 0. The van der Waals surface area contributed by atoms with E-state index in [1.807, 2.05) is 0 Å². The lowest BCUT2D eigenvalue weighted by molar-refractivity contribution is 0.357. The van der Waals surface area contributed by atoms with Crippen LogP contribution in [-0.2, 0) is 0 Å². The van der Waals surface area contributed by atoms with E-state index in [-0.39, 0.29) is 0 Å². The summed E-state index contributed by atoms with van der Waals surface area (Å²) >= 11 is 0. The van der Waals surface area contributed by atoms with Crippen molar-refractivity contribution in [3.63, 3.8) is 0 Å². The lowest BCUT2D eigenvalue weighted by Crippen LogP contribution is -2.31. The summed E-state index contributed by atoms with van der Waals surface area (Å²) in [6.07, 6.45) is 4.05. The van der Waals surface area contributed by atoms with Crippen molar-refractivity contribution < 1.29 is 0 Å². The van der Waals surface area contributed by atoms with Crippen LogP contribution in [0.15, 0.2) is 0 Å². The van der Waals surface area contributed by atoms with Crippen LogP contribution in [0.25, 0.3) is 0 Å². The third-order valence-electron chi connectivity index (χ3n) is 2.42. The minimum Gasteiger partial charge on any atom is -0.314 e. The van der Waals surface area contributed by atoms with Crippen molar-refractivity contribution in [1.29, 1.82) is 0 Å². The van der Waals surface area contributed by atoms with Gasteiger partial charge >= 0.3 is 0 Å². The fraction of sp³-hybridized carbons (Fsp3) is 1.00. The van der Waals surface area contributed by atoms with Gasteiger partial charge in [-0.3, -0.25) is 0 Å². The SMILES string of the molecule is CNC1(CCN(C)C)CC1. The van der Waals surface area contributed by atoms with Gasteiger partial charge in [0, 0.05) is 5.54 Å². The summed E-state index contributed by atoms with van der Waals surface area (Å²) < 4.78 is 0. The molecule has 0 aromatic rings. The maximum absolute atomic E-state index is 3.38. The Balaban J connectivity index is 2.13. The van der Waals surface area contributed by atoms with Gasteiger partial charge in [-0.15, -0.1) is 0 Å². The molecule has 0 bridgehead atoms. The minimum atomic E-state index is 0.532. The zero-order valence-corrected chi connectivity index (χ0v) is 7.28. The molecular formula is C8H18N2.